The van der Waals surface area contributed by atoms with Crippen molar-refractivity contribution in [3.8, 4) is 0 Å². The molecule has 1 fully saturated rings. The third-order valence-corrected chi connectivity index (χ3v) is 5.71. The van der Waals surface area contributed by atoms with E-state index in [1.165, 1.54) is 0 Å². The Morgan fingerprint density at radius 3 is 2.89 bits per heavy atom. The highest BCUT2D eigenvalue weighted by Crippen LogP contribution is 2.23. The average molecular weight is 377 g/mol. The first-order chi connectivity index (χ1) is 13.7. The number of furan rings is 1. The minimum absolute atomic E-state index is 0.194. The van der Waals surface area contributed by atoms with Gasteiger partial charge in [-0.25, -0.2) is 0 Å². The summed E-state index contributed by atoms with van der Waals surface area (Å²) < 4.78 is 5.58. The minimum atomic E-state index is 0.194. The Morgan fingerprint density at radius 2 is 2.04 bits per heavy atom. The standard InChI is InChI=1S/C23H27N3O2/c1-25(16-19-7-4-5-12-24-19)20-8-6-13-26(14-11-20)23(27)15-18-17-28-22-10-3-2-9-21(18)22/h2-5,7,9-10,12,17,20H,6,8,11,13-16H2,1H3. The zero-order valence-electron chi connectivity index (χ0n) is 16.4. The first-order valence-electron chi connectivity index (χ1n) is 10.0. The van der Waals surface area contributed by atoms with Crippen molar-refractivity contribution in [3.63, 3.8) is 0 Å². The normalized spacial score (nSPS) is 17.8. The number of nitrogens with zero attached hydrogens (tertiary/aromatic N) is 3. The number of rotatable bonds is 5. The lowest BCUT2D eigenvalue weighted by Crippen LogP contribution is -2.35. The fourth-order valence-electron chi connectivity index (χ4n) is 4.09. The molecule has 146 valence electrons. The second kappa shape index (κ2) is 8.57. The Labute approximate surface area is 166 Å². The van der Waals surface area contributed by atoms with Crippen molar-refractivity contribution in [1.29, 1.82) is 0 Å². The van der Waals surface area contributed by atoms with E-state index in [1.54, 1.807) is 6.26 Å². The van der Waals surface area contributed by atoms with Gasteiger partial charge in [-0.2, -0.15) is 0 Å². The molecule has 1 aliphatic rings. The van der Waals surface area contributed by atoms with Crippen LogP contribution in [0.3, 0.4) is 0 Å². The molecule has 5 nitrogen and oxygen atoms in total. The average Bonchev–Trinajstić information content (AvgIpc) is 2.96. The molecule has 5 heteroatoms. The molecule has 1 atom stereocenters. The smallest absolute Gasteiger partial charge is 0.227 e. The Kier molecular flexibility index (Phi) is 5.72. The molecule has 0 saturated carbocycles. The van der Waals surface area contributed by atoms with E-state index in [9.17, 15) is 4.79 Å². The second-order valence-electron chi connectivity index (χ2n) is 7.64. The van der Waals surface area contributed by atoms with Gasteiger partial charge in [0, 0.05) is 42.8 Å². The summed E-state index contributed by atoms with van der Waals surface area (Å²) in [6.07, 6.45) is 7.13. The monoisotopic (exact) mass is 377 g/mol. The van der Waals surface area contributed by atoms with Crippen molar-refractivity contribution in [1.82, 2.24) is 14.8 Å². The number of carbonyl (C=O) groups excluding carboxylic acids is 1. The molecule has 1 saturated heterocycles. The van der Waals surface area contributed by atoms with Gasteiger partial charge in [-0.1, -0.05) is 24.3 Å². The summed E-state index contributed by atoms with van der Waals surface area (Å²) in [5.41, 5.74) is 2.92. The molecule has 0 aliphatic carbocycles. The number of para-hydroxylation sites is 1. The van der Waals surface area contributed by atoms with Crippen LogP contribution in [0, 0.1) is 0 Å². The lowest BCUT2D eigenvalue weighted by molar-refractivity contribution is -0.130. The zero-order valence-corrected chi connectivity index (χ0v) is 16.4. The summed E-state index contributed by atoms with van der Waals surface area (Å²) in [6, 6.07) is 14.4. The number of amides is 1. The van der Waals surface area contributed by atoms with Crippen LogP contribution in [0.25, 0.3) is 11.0 Å². The number of aromatic nitrogens is 1. The first-order valence-corrected chi connectivity index (χ1v) is 10.0. The summed E-state index contributed by atoms with van der Waals surface area (Å²) in [5, 5.41) is 1.04. The summed E-state index contributed by atoms with van der Waals surface area (Å²) in [4.78, 5) is 21.7. The van der Waals surface area contributed by atoms with Crippen LogP contribution in [-0.4, -0.2) is 46.9 Å². The van der Waals surface area contributed by atoms with Gasteiger partial charge in [-0.15, -0.1) is 0 Å². The Morgan fingerprint density at radius 1 is 1.18 bits per heavy atom. The van der Waals surface area contributed by atoms with E-state index in [0.29, 0.717) is 12.5 Å². The SMILES string of the molecule is CN(Cc1ccccn1)C1CCCN(C(=O)Cc2coc3ccccc23)CC1. The lowest BCUT2D eigenvalue weighted by Gasteiger charge is -2.27. The largest absolute Gasteiger partial charge is 0.464 e. The van der Waals surface area contributed by atoms with Crippen LogP contribution < -0.4 is 0 Å². The molecule has 4 rings (SSSR count). The van der Waals surface area contributed by atoms with E-state index < -0.39 is 0 Å². The van der Waals surface area contributed by atoms with Gasteiger partial charge in [-0.05, 0) is 44.5 Å². The van der Waals surface area contributed by atoms with Crippen LogP contribution in [0.4, 0.5) is 0 Å². The molecule has 0 bridgehead atoms. The molecular formula is C23H27N3O2. The molecular weight excluding hydrogens is 350 g/mol. The maximum atomic E-state index is 12.9. The van der Waals surface area contributed by atoms with E-state index in [4.69, 9.17) is 4.42 Å². The quantitative estimate of drug-likeness (QED) is 0.677. The van der Waals surface area contributed by atoms with Crippen molar-refractivity contribution in [2.45, 2.75) is 38.3 Å². The molecule has 1 aromatic carbocycles. The zero-order chi connectivity index (χ0) is 19.3. The van der Waals surface area contributed by atoms with Crippen LogP contribution in [0.1, 0.15) is 30.5 Å². The summed E-state index contributed by atoms with van der Waals surface area (Å²) >= 11 is 0. The van der Waals surface area contributed by atoms with Crippen LogP contribution in [-0.2, 0) is 17.8 Å². The Balaban J connectivity index is 1.35. The van der Waals surface area contributed by atoms with Crippen LogP contribution >= 0.6 is 0 Å². The minimum Gasteiger partial charge on any atom is -0.464 e. The van der Waals surface area contributed by atoms with Gasteiger partial charge in [0.15, 0.2) is 0 Å². The molecule has 1 amide bonds. The predicted molar refractivity (Wildman–Crippen MR) is 110 cm³/mol. The van der Waals surface area contributed by atoms with E-state index >= 15 is 0 Å². The second-order valence-corrected chi connectivity index (χ2v) is 7.64. The van der Waals surface area contributed by atoms with Crippen LogP contribution in [0.2, 0.25) is 0 Å². The van der Waals surface area contributed by atoms with Crippen LogP contribution in [0.5, 0.6) is 0 Å². The topological polar surface area (TPSA) is 49.6 Å². The number of benzene rings is 1. The highest BCUT2D eigenvalue weighted by molar-refractivity contribution is 5.87. The highest BCUT2D eigenvalue weighted by atomic mass is 16.3. The van der Waals surface area contributed by atoms with E-state index in [-0.39, 0.29) is 5.91 Å². The molecule has 3 aromatic rings. The molecule has 0 N–H and O–H groups in total. The number of carbonyl (C=O) groups is 1. The van der Waals surface area contributed by atoms with Crippen molar-refractivity contribution in [2.75, 3.05) is 20.1 Å². The third-order valence-electron chi connectivity index (χ3n) is 5.71. The van der Waals surface area contributed by atoms with Crippen molar-refractivity contribution in [2.24, 2.45) is 0 Å². The van der Waals surface area contributed by atoms with Gasteiger partial charge in [0.05, 0.1) is 18.4 Å². The number of fused-ring (bicyclic) bond motifs is 1. The molecule has 1 aliphatic heterocycles. The molecule has 0 radical (unpaired) electrons. The predicted octanol–water partition coefficient (Wildman–Crippen LogP) is 3.88. The van der Waals surface area contributed by atoms with Gasteiger partial charge in [0.1, 0.15) is 5.58 Å². The molecule has 28 heavy (non-hydrogen) atoms. The van der Waals surface area contributed by atoms with E-state index in [2.05, 4.69) is 23.0 Å². The molecule has 3 heterocycles. The van der Waals surface area contributed by atoms with Gasteiger partial charge >= 0.3 is 0 Å². The maximum absolute atomic E-state index is 12.9. The van der Waals surface area contributed by atoms with Gasteiger partial charge in [0.2, 0.25) is 5.91 Å². The molecule has 0 spiro atoms. The van der Waals surface area contributed by atoms with Crippen molar-refractivity contribution < 1.29 is 9.21 Å². The van der Waals surface area contributed by atoms with E-state index in [1.807, 2.05) is 47.5 Å². The molecule has 2 aromatic heterocycles. The Bertz CT molecular complexity index is 922. The van der Waals surface area contributed by atoms with Gasteiger partial charge in [-0.3, -0.25) is 14.7 Å². The van der Waals surface area contributed by atoms with Crippen LogP contribution in [0.15, 0.2) is 59.3 Å². The van der Waals surface area contributed by atoms with Crippen molar-refractivity contribution >= 4 is 16.9 Å². The fourth-order valence-corrected chi connectivity index (χ4v) is 4.09. The highest BCUT2D eigenvalue weighted by Gasteiger charge is 2.24. The number of hydrogen-bond donors (Lipinski definition) is 0. The van der Waals surface area contributed by atoms with Gasteiger partial charge in [0.25, 0.3) is 0 Å². The van der Waals surface area contributed by atoms with Crippen molar-refractivity contribution in [3.05, 3.63) is 66.2 Å². The summed E-state index contributed by atoms with van der Waals surface area (Å²) in [6.45, 7) is 2.49. The van der Waals surface area contributed by atoms with Gasteiger partial charge < -0.3 is 9.32 Å². The Hall–Kier alpha value is -2.66. The number of likely N-dealkylation sites (tertiary alicyclic amines) is 1. The fraction of sp³-hybridized carbons (Fsp3) is 0.391. The van der Waals surface area contributed by atoms with E-state index in [0.717, 1.165) is 61.1 Å². The number of hydrogen-bond acceptors (Lipinski definition) is 4. The maximum Gasteiger partial charge on any atom is 0.227 e. The third kappa shape index (κ3) is 4.25. The lowest BCUT2D eigenvalue weighted by atomic mass is 10.1. The molecule has 1 unspecified atom stereocenters. The number of pyridine rings is 1. The first kappa shape index (κ1) is 18.7. The summed E-state index contributed by atoms with van der Waals surface area (Å²) in [5.74, 6) is 0.194. The summed E-state index contributed by atoms with van der Waals surface area (Å²) in [7, 11) is 2.16.